The summed E-state index contributed by atoms with van der Waals surface area (Å²) in [5.74, 6) is 5.47. The molecule has 28 heavy (non-hydrogen) atoms. The minimum Gasteiger partial charge on any atom is -0.471 e. The summed E-state index contributed by atoms with van der Waals surface area (Å²) in [5.41, 5.74) is 1.16. The number of rotatable bonds is 4. The number of pyridine rings is 1. The molecule has 2 aromatic heterocycles. The molecular formula is C15H17N7O5S. The Labute approximate surface area is 160 Å². The van der Waals surface area contributed by atoms with Crippen LogP contribution < -0.4 is 15.6 Å². The Morgan fingerprint density at radius 1 is 1.25 bits per heavy atom. The lowest BCUT2D eigenvalue weighted by atomic mass is 10.3. The topological polar surface area (TPSA) is 162 Å². The Morgan fingerprint density at radius 3 is 2.61 bits per heavy atom. The molecule has 0 atom stereocenters. The number of hydrazine groups is 1. The highest BCUT2D eigenvalue weighted by Gasteiger charge is 2.29. The SMILES string of the molecule is Cc1cc(C)nc(N(N)C(=O)NS(=O)(=O)c2ncccc2C2=NOCCO2)n1. The molecule has 0 saturated carbocycles. The van der Waals surface area contributed by atoms with E-state index in [1.165, 1.54) is 18.3 Å². The van der Waals surface area contributed by atoms with Crippen molar-refractivity contribution in [2.45, 2.75) is 18.9 Å². The number of ether oxygens (including phenoxy) is 1. The van der Waals surface area contributed by atoms with Crippen molar-refractivity contribution in [3.63, 3.8) is 0 Å². The van der Waals surface area contributed by atoms with Gasteiger partial charge in [-0.25, -0.2) is 30.3 Å². The zero-order valence-corrected chi connectivity index (χ0v) is 15.8. The van der Waals surface area contributed by atoms with Crippen LogP contribution in [0, 0.1) is 13.8 Å². The number of hydrogen-bond acceptors (Lipinski definition) is 10. The fourth-order valence-electron chi connectivity index (χ4n) is 2.32. The summed E-state index contributed by atoms with van der Waals surface area (Å²) in [6, 6.07) is 3.44. The summed E-state index contributed by atoms with van der Waals surface area (Å²) >= 11 is 0. The van der Waals surface area contributed by atoms with Crippen molar-refractivity contribution in [3.8, 4) is 0 Å². The number of nitrogens with one attached hydrogen (secondary N) is 1. The van der Waals surface area contributed by atoms with Crippen LogP contribution in [0.2, 0.25) is 0 Å². The monoisotopic (exact) mass is 407 g/mol. The normalized spacial score (nSPS) is 13.8. The van der Waals surface area contributed by atoms with Gasteiger partial charge in [0.15, 0.2) is 11.6 Å². The second kappa shape index (κ2) is 7.74. The summed E-state index contributed by atoms with van der Waals surface area (Å²) in [6.07, 6.45) is 1.25. The van der Waals surface area contributed by atoms with Gasteiger partial charge in [0.1, 0.15) is 6.61 Å². The summed E-state index contributed by atoms with van der Waals surface area (Å²) in [5, 5.41) is 3.71. The fraction of sp³-hybridized carbons (Fsp3) is 0.267. The van der Waals surface area contributed by atoms with Crippen molar-refractivity contribution in [2.75, 3.05) is 18.2 Å². The molecular weight excluding hydrogens is 390 g/mol. The van der Waals surface area contributed by atoms with Crippen LogP contribution >= 0.6 is 0 Å². The number of urea groups is 1. The van der Waals surface area contributed by atoms with Gasteiger partial charge in [0.2, 0.25) is 5.95 Å². The van der Waals surface area contributed by atoms with Crippen LogP contribution in [-0.2, 0) is 19.6 Å². The Bertz CT molecular complexity index is 1020. The number of sulfonamides is 1. The third-order valence-electron chi connectivity index (χ3n) is 3.44. The van der Waals surface area contributed by atoms with Gasteiger partial charge in [0, 0.05) is 17.6 Å². The predicted molar refractivity (Wildman–Crippen MR) is 96.6 cm³/mol. The van der Waals surface area contributed by atoms with Gasteiger partial charge in [-0.15, -0.1) is 0 Å². The quantitative estimate of drug-likeness (QED) is 0.403. The van der Waals surface area contributed by atoms with Gasteiger partial charge in [0.05, 0.1) is 5.56 Å². The molecule has 148 valence electrons. The number of aryl methyl sites for hydroxylation is 2. The molecule has 0 unspecified atom stereocenters. The van der Waals surface area contributed by atoms with Crippen molar-refractivity contribution in [1.29, 1.82) is 0 Å². The lowest BCUT2D eigenvalue weighted by Crippen LogP contribution is -2.48. The fourth-order valence-corrected chi connectivity index (χ4v) is 3.39. The first-order chi connectivity index (χ1) is 13.3. The van der Waals surface area contributed by atoms with E-state index in [0.29, 0.717) is 16.4 Å². The van der Waals surface area contributed by atoms with Gasteiger partial charge < -0.3 is 9.57 Å². The zero-order chi connectivity index (χ0) is 20.3. The van der Waals surface area contributed by atoms with Crippen molar-refractivity contribution >= 4 is 27.9 Å². The first-order valence-electron chi connectivity index (χ1n) is 8.00. The van der Waals surface area contributed by atoms with E-state index in [4.69, 9.17) is 15.4 Å². The Balaban J connectivity index is 1.88. The molecule has 0 radical (unpaired) electrons. The number of carbonyl (C=O) groups excluding carboxylic acids is 1. The van der Waals surface area contributed by atoms with Crippen molar-refractivity contribution in [2.24, 2.45) is 11.0 Å². The second-order valence-corrected chi connectivity index (χ2v) is 7.26. The smallest absolute Gasteiger partial charge is 0.352 e. The van der Waals surface area contributed by atoms with Crippen LogP contribution in [-0.4, -0.2) is 48.5 Å². The number of anilines is 1. The van der Waals surface area contributed by atoms with Crippen LogP contribution in [0.5, 0.6) is 0 Å². The molecule has 3 rings (SSSR count). The second-order valence-electron chi connectivity index (χ2n) is 5.67. The zero-order valence-electron chi connectivity index (χ0n) is 15.0. The maximum Gasteiger partial charge on any atom is 0.352 e. The highest BCUT2D eigenvalue weighted by Crippen LogP contribution is 2.16. The molecule has 0 saturated heterocycles. The average molecular weight is 407 g/mol. The molecule has 0 aliphatic carbocycles. The Morgan fingerprint density at radius 2 is 1.96 bits per heavy atom. The van der Waals surface area contributed by atoms with Crippen LogP contribution in [0.15, 0.2) is 34.6 Å². The first-order valence-corrected chi connectivity index (χ1v) is 9.48. The molecule has 13 heteroatoms. The van der Waals surface area contributed by atoms with Crippen molar-refractivity contribution < 1.29 is 22.8 Å². The van der Waals surface area contributed by atoms with Crippen molar-refractivity contribution in [3.05, 3.63) is 41.3 Å². The van der Waals surface area contributed by atoms with Gasteiger partial charge in [-0.1, -0.05) is 0 Å². The number of hydrogen-bond donors (Lipinski definition) is 2. The van der Waals surface area contributed by atoms with E-state index in [2.05, 4.69) is 20.1 Å². The first kappa shape index (κ1) is 19.4. The summed E-state index contributed by atoms with van der Waals surface area (Å²) in [4.78, 5) is 29.1. The molecule has 2 amide bonds. The number of aromatic nitrogens is 3. The van der Waals surface area contributed by atoms with Crippen LogP contribution in [0.3, 0.4) is 0 Å². The summed E-state index contributed by atoms with van der Waals surface area (Å²) < 4.78 is 32.5. The standard InChI is InChI=1S/C15H17N7O5S/c1-9-8-10(2)19-14(18-9)22(16)15(23)21-28(24,25)13-11(4-3-5-17-13)12-20-27-7-6-26-12/h3-5,8H,6-7,16H2,1-2H3,(H,21,23). The number of amides is 2. The number of oxime groups is 1. The third kappa shape index (κ3) is 4.15. The minimum atomic E-state index is -4.42. The van der Waals surface area contributed by atoms with E-state index in [9.17, 15) is 13.2 Å². The lowest BCUT2D eigenvalue weighted by Gasteiger charge is -2.18. The molecule has 0 spiro atoms. The van der Waals surface area contributed by atoms with E-state index >= 15 is 0 Å². The summed E-state index contributed by atoms with van der Waals surface area (Å²) in [6.45, 7) is 3.81. The van der Waals surface area contributed by atoms with Crippen LogP contribution in [0.1, 0.15) is 17.0 Å². The largest absolute Gasteiger partial charge is 0.471 e. The van der Waals surface area contributed by atoms with Crippen LogP contribution in [0.4, 0.5) is 10.7 Å². The highest BCUT2D eigenvalue weighted by atomic mass is 32.2. The molecule has 0 fully saturated rings. The number of nitrogens with zero attached hydrogens (tertiary/aromatic N) is 5. The van der Waals surface area contributed by atoms with E-state index in [0.717, 1.165) is 0 Å². The third-order valence-corrected chi connectivity index (χ3v) is 4.72. The van der Waals surface area contributed by atoms with Gasteiger partial charge in [0.25, 0.3) is 15.9 Å². The maximum atomic E-state index is 12.7. The van der Waals surface area contributed by atoms with Gasteiger partial charge in [-0.05, 0) is 37.2 Å². The van der Waals surface area contributed by atoms with Gasteiger partial charge in [-0.2, -0.15) is 13.4 Å². The number of nitrogens with two attached hydrogens (primary N) is 1. The van der Waals surface area contributed by atoms with Gasteiger partial charge >= 0.3 is 6.03 Å². The van der Waals surface area contributed by atoms with E-state index < -0.39 is 21.1 Å². The van der Waals surface area contributed by atoms with Gasteiger partial charge in [-0.3, -0.25) is 0 Å². The molecule has 0 bridgehead atoms. The maximum absolute atomic E-state index is 12.7. The molecule has 0 aromatic carbocycles. The van der Waals surface area contributed by atoms with E-state index in [1.807, 2.05) is 4.72 Å². The highest BCUT2D eigenvalue weighted by molar-refractivity contribution is 7.90. The summed E-state index contributed by atoms with van der Waals surface area (Å²) in [7, 11) is -4.42. The Kier molecular flexibility index (Phi) is 5.37. The van der Waals surface area contributed by atoms with Crippen molar-refractivity contribution in [1.82, 2.24) is 19.7 Å². The lowest BCUT2D eigenvalue weighted by molar-refractivity contribution is 0.0653. The molecule has 3 heterocycles. The molecule has 1 aliphatic rings. The predicted octanol–water partition coefficient (Wildman–Crippen LogP) is -0.0246. The van der Waals surface area contributed by atoms with E-state index in [1.54, 1.807) is 19.9 Å². The average Bonchev–Trinajstić information content (AvgIpc) is 2.67. The molecule has 12 nitrogen and oxygen atoms in total. The number of carbonyl (C=O) groups is 1. The van der Waals surface area contributed by atoms with E-state index in [-0.39, 0.29) is 30.6 Å². The minimum absolute atomic E-state index is 0.0359. The molecule has 1 aliphatic heterocycles. The molecule has 2 aromatic rings. The van der Waals surface area contributed by atoms with Crippen LogP contribution in [0.25, 0.3) is 0 Å². The Hall–Kier alpha value is -3.32. The molecule has 3 N–H and O–H groups in total.